The van der Waals surface area contributed by atoms with Crippen molar-refractivity contribution in [1.29, 1.82) is 0 Å². The summed E-state index contributed by atoms with van der Waals surface area (Å²) in [6.07, 6.45) is 0. The molecule has 0 spiro atoms. The number of hydrogen-bond acceptors (Lipinski definition) is 3. The minimum absolute atomic E-state index is 0.0211. The van der Waals surface area contributed by atoms with E-state index >= 15 is 0 Å². The van der Waals surface area contributed by atoms with Crippen LogP contribution in [0.2, 0.25) is 0 Å². The van der Waals surface area contributed by atoms with Gasteiger partial charge in [0.2, 0.25) is 0 Å². The van der Waals surface area contributed by atoms with Crippen LogP contribution in [0.15, 0.2) is 60.7 Å². The summed E-state index contributed by atoms with van der Waals surface area (Å²) in [7, 11) is 1.70. The molecule has 4 aromatic rings. The van der Waals surface area contributed by atoms with Gasteiger partial charge >= 0.3 is 0 Å². The van der Waals surface area contributed by atoms with E-state index in [-0.39, 0.29) is 6.61 Å². The fourth-order valence-electron chi connectivity index (χ4n) is 4.11. The zero-order valence-electron chi connectivity index (χ0n) is 14.5. The minimum atomic E-state index is -0.0211. The topological polar surface area (TPSA) is 38.7 Å². The van der Waals surface area contributed by atoms with Crippen molar-refractivity contribution in [3.8, 4) is 22.6 Å². The van der Waals surface area contributed by atoms with E-state index in [1.54, 1.807) is 7.11 Å². The van der Waals surface area contributed by atoms with Gasteiger partial charge in [0, 0.05) is 27.5 Å². The number of benzene rings is 4. The average Bonchev–Trinajstić information content (AvgIpc) is 3.13. The van der Waals surface area contributed by atoms with Gasteiger partial charge in [-0.2, -0.15) is 0 Å². The Bertz CT molecular complexity index is 1160. The van der Waals surface area contributed by atoms with Crippen LogP contribution in [-0.4, -0.2) is 12.2 Å². The smallest absolute Gasteiger partial charge is 0.136 e. The Morgan fingerprint density at radius 2 is 1.69 bits per heavy atom. The fraction of sp³-hybridized carbons (Fsp3) is 0.130. The van der Waals surface area contributed by atoms with Gasteiger partial charge in [0.05, 0.1) is 13.7 Å². The molecular formula is C23H18O3. The first-order valence-electron chi connectivity index (χ1n) is 8.69. The standard InChI is InChI=1S/C23H18O3/c1-25-19-11-3-2-8-16(19)22-17-9-4-6-14(12-24)20(17)23-21-15(13-26-23)7-5-10-18(21)22/h2-11,24H,12-13H2,1H3. The van der Waals surface area contributed by atoms with Crippen LogP contribution in [0.1, 0.15) is 11.1 Å². The zero-order valence-corrected chi connectivity index (χ0v) is 14.5. The van der Waals surface area contributed by atoms with Crippen LogP contribution in [0.3, 0.4) is 0 Å². The van der Waals surface area contributed by atoms with Crippen molar-refractivity contribution in [3.05, 3.63) is 71.8 Å². The molecule has 0 aliphatic carbocycles. The summed E-state index contributed by atoms with van der Waals surface area (Å²) in [5.41, 5.74) is 4.24. The van der Waals surface area contributed by atoms with Gasteiger partial charge in [-0.05, 0) is 22.4 Å². The maximum absolute atomic E-state index is 9.93. The van der Waals surface area contributed by atoms with Crippen molar-refractivity contribution in [3.63, 3.8) is 0 Å². The quantitative estimate of drug-likeness (QED) is 0.529. The highest BCUT2D eigenvalue weighted by Crippen LogP contribution is 2.49. The summed E-state index contributed by atoms with van der Waals surface area (Å²) in [6.45, 7) is 0.545. The van der Waals surface area contributed by atoms with E-state index in [9.17, 15) is 5.11 Å². The molecule has 4 aromatic carbocycles. The fourth-order valence-corrected chi connectivity index (χ4v) is 4.11. The van der Waals surface area contributed by atoms with E-state index in [0.29, 0.717) is 6.61 Å². The number of para-hydroxylation sites is 1. The lowest BCUT2D eigenvalue weighted by molar-refractivity contribution is 0.282. The summed E-state index contributed by atoms with van der Waals surface area (Å²) < 4.78 is 11.7. The molecule has 1 N–H and O–H groups in total. The van der Waals surface area contributed by atoms with Crippen molar-refractivity contribution in [2.24, 2.45) is 0 Å². The lowest BCUT2D eigenvalue weighted by Gasteiger charge is -2.17. The Kier molecular flexibility index (Phi) is 3.37. The second kappa shape index (κ2) is 5.75. The Labute approximate surface area is 151 Å². The van der Waals surface area contributed by atoms with E-state index in [2.05, 4.69) is 30.3 Å². The predicted molar refractivity (Wildman–Crippen MR) is 104 cm³/mol. The highest BCUT2D eigenvalue weighted by Gasteiger charge is 2.25. The molecule has 128 valence electrons. The highest BCUT2D eigenvalue weighted by atomic mass is 16.5. The molecule has 0 atom stereocenters. The molecule has 0 radical (unpaired) electrons. The van der Waals surface area contributed by atoms with Crippen LogP contribution in [-0.2, 0) is 13.2 Å². The molecule has 0 unspecified atom stereocenters. The van der Waals surface area contributed by atoms with E-state index in [1.165, 1.54) is 5.56 Å². The van der Waals surface area contributed by atoms with Crippen molar-refractivity contribution in [2.45, 2.75) is 13.2 Å². The van der Waals surface area contributed by atoms with Crippen LogP contribution in [0.25, 0.3) is 32.7 Å². The van der Waals surface area contributed by atoms with Crippen molar-refractivity contribution < 1.29 is 14.6 Å². The summed E-state index contributed by atoms with van der Waals surface area (Å²) in [6, 6.07) is 20.5. The monoisotopic (exact) mass is 342 g/mol. The number of aliphatic hydroxyl groups is 1. The molecule has 26 heavy (non-hydrogen) atoms. The number of rotatable bonds is 3. The van der Waals surface area contributed by atoms with Gasteiger partial charge in [-0.15, -0.1) is 0 Å². The summed E-state index contributed by atoms with van der Waals surface area (Å²) in [5.74, 6) is 1.72. The second-order valence-electron chi connectivity index (χ2n) is 6.53. The maximum atomic E-state index is 9.93. The Balaban J connectivity index is 2.05. The van der Waals surface area contributed by atoms with E-state index in [1.807, 2.05) is 30.3 Å². The second-order valence-corrected chi connectivity index (χ2v) is 6.53. The van der Waals surface area contributed by atoms with Crippen LogP contribution in [0.5, 0.6) is 11.5 Å². The number of fused-ring (bicyclic) bond motifs is 2. The van der Waals surface area contributed by atoms with Crippen molar-refractivity contribution in [2.75, 3.05) is 7.11 Å². The SMILES string of the molecule is COc1ccccc1-c1c2cccc(CO)c2c2c3c(cccc13)CO2. The molecule has 0 amide bonds. The first-order valence-corrected chi connectivity index (χ1v) is 8.69. The van der Waals surface area contributed by atoms with Gasteiger partial charge in [0.1, 0.15) is 18.1 Å². The highest BCUT2D eigenvalue weighted by molar-refractivity contribution is 6.19. The Morgan fingerprint density at radius 1 is 0.923 bits per heavy atom. The Hall–Kier alpha value is -3.04. The van der Waals surface area contributed by atoms with Crippen LogP contribution >= 0.6 is 0 Å². The third-order valence-electron chi connectivity index (χ3n) is 5.21. The summed E-state index contributed by atoms with van der Waals surface area (Å²) in [5, 5.41) is 14.3. The van der Waals surface area contributed by atoms with Gasteiger partial charge in [0.25, 0.3) is 0 Å². The molecule has 0 bridgehead atoms. The zero-order chi connectivity index (χ0) is 17.7. The van der Waals surface area contributed by atoms with Gasteiger partial charge in [-0.3, -0.25) is 0 Å². The van der Waals surface area contributed by atoms with Gasteiger partial charge in [-0.25, -0.2) is 0 Å². The Morgan fingerprint density at radius 3 is 2.50 bits per heavy atom. The van der Waals surface area contributed by atoms with E-state index in [4.69, 9.17) is 9.47 Å². The lowest BCUT2D eigenvalue weighted by atomic mass is 9.88. The van der Waals surface area contributed by atoms with Gasteiger partial charge in [0.15, 0.2) is 0 Å². The van der Waals surface area contributed by atoms with E-state index in [0.717, 1.165) is 49.7 Å². The molecule has 1 aliphatic rings. The van der Waals surface area contributed by atoms with Crippen LogP contribution < -0.4 is 9.47 Å². The number of methoxy groups -OCH3 is 1. The number of ether oxygens (including phenoxy) is 2. The average molecular weight is 342 g/mol. The largest absolute Gasteiger partial charge is 0.496 e. The van der Waals surface area contributed by atoms with Gasteiger partial charge in [-0.1, -0.05) is 54.6 Å². The minimum Gasteiger partial charge on any atom is -0.496 e. The van der Waals surface area contributed by atoms with Crippen molar-refractivity contribution in [1.82, 2.24) is 0 Å². The molecular weight excluding hydrogens is 324 g/mol. The number of aliphatic hydroxyl groups excluding tert-OH is 1. The van der Waals surface area contributed by atoms with Crippen LogP contribution in [0.4, 0.5) is 0 Å². The molecule has 1 heterocycles. The molecule has 3 nitrogen and oxygen atoms in total. The van der Waals surface area contributed by atoms with E-state index < -0.39 is 0 Å². The molecule has 0 saturated heterocycles. The molecule has 1 aliphatic heterocycles. The molecule has 0 aromatic heterocycles. The maximum Gasteiger partial charge on any atom is 0.136 e. The molecule has 0 fully saturated rings. The lowest BCUT2D eigenvalue weighted by Crippen LogP contribution is -1.94. The summed E-state index contributed by atoms with van der Waals surface area (Å²) in [4.78, 5) is 0. The first kappa shape index (κ1) is 15.2. The van der Waals surface area contributed by atoms with Crippen molar-refractivity contribution >= 4 is 21.5 Å². The molecule has 3 heteroatoms. The van der Waals surface area contributed by atoms with Gasteiger partial charge < -0.3 is 14.6 Å². The summed E-state index contributed by atoms with van der Waals surface area (Å²) >= 11 is 0. The third kappa shape index (κ3) is 1.98. The first-order chi connectivity index (χ1) is 12.8. The molecule has 0 saturated carbocycles. The normalized spacial score (nSPS) is 12.5. The number of hydrogen-bond donors (Lipinski definition) is 1. The molecule has 5 rings (SSSR count). The van der Waals surface area contributed by atoms with Crippen LogP contribution in [0, 0.1) is 0 Å². The third-order valence-corrected chi connectivity index (χ3v) is 5.21. The predicted octanol–water partition coefficient (Wildman–Crippen LogP) is 5.05.